The predicted molar refractivity (Wildman–Crippen MR) is 310 cm³/mol. The molecule has 5 fully saturated rings. The maximum absolute atomic E-state index is 5.80. The number of para-hydroxylation sites is 4. The summed E-state index contributed by atoms with van der Waals surface area (Å²) in [7, 11) is 0. The second-order valence-electron chi connectivity index (χ2n) is 25.3. The fourth-order valence-electron chi connectivity index (χ4n) is 19.7. The molecule has 6 heterocycles. The topological polar surface area (TPSA) is 40.0 Å². The van der Waals surface area contributed by atoms with Crippen LogP contribution in [0.15, 0.2) is 164 Å². The molecule has 13 aromatic rings. The van der Waals surface area contributed by atoms with E-state index in [1.54, 1.807) is 11.1 Å². The summed E-state index contributed by atoms with van der Waals surface area (Å²) in [5, 5.41) is 11.1. The number of hydrogen-bond donors (Lipinski definition) is 0. The molecule has 5 heteroatoms. The van der Waals surface area contributed by atoms with Crippen LogP contribution in [0.1, 0.15) is 110 Å². The van der Waals surface area contributed by atoms with E-state index in [1.807, 2.05) is 0 Å². The molecule has 7 atom stereocenters. The van der Waals surface area contributed by atoms with Gasteiger partial charge in [-0.3, -0.25) is 9.97 Å². The van der Waals surface area contributed by atoms with Crippen LogP contribution in [0.4, 0.5) is 0 Å². The van der Waals surface area contributed by atoms with Gasteiger partial charge in [0.15, 0.2) is 0 Å². The van der Waals surface area contributed by atoms with Crippen molar-refractivity contribution >= 4 is 81.7 Å². The number of nitrogens with zero attached hydrogens (tertiary/aromatic N) is 5. The standard InChI is InChI=1S/C71H55N5/c1-3-13-46(14-4-1)74-54-21-9-7-17-50(54)62-48(19-11-23-56(62)74)52-33-53(49-20-12-24-57-63(49)51-18-8-10-22-55(51)75(57)47-15-5-2-6-16-47)65-67-59(37-73-69-43-31-45-32-44-30-42(61(67)69)34-71(44,45)35-43)76-58-36-72-68-41-28-38-25-39(29-41)27-40(26-38)60(68)66(58)64(52)70(65)76/h1-24,33,36-45H,25-32,34-35H2. The summed E-state index contributed by atoms with van der Waals surface area (Å²) in [6.45, 7) is 0. The summed E-state index contributed by atoms with van der Waals surface area (Å²) in [4.78, 5) is 11.6. The molecule has 7 unspecified atom stereocenters. The first kappa shape index (κ1) is 40.5. The fraction of sp³-hybridized carbons (Fsp3) is 0.268. The van der Waals surface area contributed by atoms with Gasteiger partial charge in [0.25, 0.3) is 0 Å². The van der Waals surface area contributed by atoms with Crippen molar-refractivity contribution in [2.24, 2.45) is 29.1 Å². The molecule has 0 saturated heterocycles. The first-order valence-electron chi connectivity index (χ1n) is 28.9. The monoisotopic (exact) mass is 977 g/mol. The highest BCUT2D eigenvalue weighted by Crippen LogP contribution is 2.76. The maximum atomic E-state index is 5.80. The molecule has 0 radical (unpaired) electrons. The fourth-order valence-corrected chi connectivity index (χ4v) is 19.7. The van der Waals surface area contributed by atoms with E-state index in [0.717, 1.165) is 23.7 Å². The Bertz CT molecular complexity index is 4710. The third-order valence-electron chi connectivity index (χ3n) is 22.1. The highest BCUT2D eigenvalue weighted by atomic mass is 15.0. The number of rotatable bonds is 4. The van der Waals surface area contributed by atoms with Crippen molar-refractivity contribution in [1.29, 1.82) is 0 Å². The normalized spacial score (nSPS) is 26.7. The molecule has 0 amide bonds. The molecule has 7 bridgehead atoms. The van der Waals surface area contributed by atoms with Gasteiger partial charge < -0.3 is 13.5 Å². The molecule has 5 nitrogen and oxygen atoms in total. The van der Waals surface area contributed by atoms with Gasteiger partial charge in [-0.05, 0) is 193 Å². The zero-order chi connectivity index (χ0) is 48.9. The van der Waals surface area contributed by atoms with E-state index in [9.17, 15) is 0 Å². The number of benzene rings is 7. The Morgan fingerprint density at radius 1 is 0.368 bits per heavy atom. The van der Waals surface area contributed by atoms with Gasteiger partial charge in [0.05, 0.1) is 51.0 Å². The lowest BCUT2D eigenvalue weighted by atomic mass is 9.56. The van der Waals surface area contributed by atoms with Crippen molar-refractivity contribution in [3.05, 3.63) is 187 Å². The summed E-state index contributed by atoms with van der Waals surface area (Å²) in [5.41, 5.74) is 23.2. The second kappa shape index (κ2) is 14.0. The molecular weight excluding hydrogens is 923 g/mol. The number of hydrogen-bond acceptors (Lipinski definition) is 2. The van der Waals surface area contributed by atoms with Crippen molar-refractivity contribution in [2.75, 3.05) is 0 Å². The lowest BCUT2D eigenvalue weighted by Gasteiger charge is -2.48. The van der Waals surface area contributed by atoms with Crippen LogP contribution in [0.25, 0.3) is 115 Å². The van der Waals surface area contributed by atoms with Gasteiger partial charge in [0.1, 0.15) is 0 Å². The minimum atomic E-state index is 0.520. The van der Waals surface area contributed by atoms with Crippen molar-refractivity contribution < 1.29 is 0 Å². The van der Waals surface area contributed by atoms with Crippen LogP contribution in [0.5, 0.6) is 0 Å². The van der Waals surface area contributed by atoms with E-state index >= 15 is 0 Å². The lowest BCUT2D eigenvalue weighted by Crippen LogP contribution is -2.41. The zero-order valence-electron chi connectivity index (χ0n) is 42.5. The molecule has 364 valence electrons. The Kier molecular flexibility index (Phi) is 7.46. The molecule has 0 N–H and O–H groups in total. The van der Waals surface area contributed by atoms with E-state index < -0.39 is 0 Å². The third kappa shape index (κ3) is 4.80. The molecule has 1 spiro atoms. The molecule has 5 saturated carbocycles. The molecule has 6 aromatic heterocycles. The zero-order valence-corrected chi connectivity index (χ0v) is 42.5. The lowest BCUT2D eigenvalue weighted by molar-refractivity contribution is 0.00321. The van der Waals surface area contributed by atoms with Gasteiger partial charge in [-0.25, -0.2) is 0 Å². The van der Waals surface area contributed by atoms with Crippen molar-refractivity contribution in [3.8, 4) is 33.6 Å². The van der Waals surface area contributed by atoms with Gasteiger partial charge in [-0.15, -0.1) is 0 Å². The number of fused-ring (bicyclic) bond motifs is 18. The van der Waals surface area contributed by atoms with Crippen molar-refractivity contribution in [2.45, 2.75) is 87.9 Å². The van der Waals surface area contributed by atoms with E-state index in [0.29, 0.717) is 29.1 Å². The van der Waals surface area contributed by atoms with Crippen LogP contribution in [-0.2, 0) is 0 Å². The summed E-state index contributed by atoms with van der Waals surface area (Å²) >= 11 is 0. The van der Waals surface area contributed by atoms with Crippen LogP contribution in [0, 0.1) is 29.1 Å². The molecule has 0 aliphatic heterocycles. The van der Waals surface area contributed by atoms with Crippen LogP contribution in [-0.4, -0.2) is 23.5 Å². The minimum Gasteiger partial charge on any atom is -0.309 e. The third-order valence-corrected chi connectivity index (χ3v) is 22.1. The van der Waals surface area contributed by atoms with E-state index in [4.69, 9.17) is 9.97 Å². The summed E-state index contributed by atoms with van der Waals surface area (Å²) in [6.07, 6.45) is 18.0. The van der Waals surface area contributed by atoms with E-state index in [-0.39, 0.29) is 0 Å². The second-order valence-corrected chi connectivity index (χ2v) is 25.3. The molecular formula is C71H55N5. The quantitative estimate of drug-likeness (QED) is 0.176. The van der Waals surface area contributed by atoms with Gasteiger partial charge in [0, 0.05) is 77.7 Å². The van der Waals surface area contributed by atoms with Crippen molar-refractivity contribution in [3.63, 3.8) is 0 Å². The number of aromatic nitrogens is 5. The van der Waals surface area contributed by atoms with E-state index in [2.05, 4.69) is 178 Å². The largest absolute Gasteiger partial charge is 0.309 e. The van der Waals surface area contributed by atoms with Gasteiger partial charge in [-0.1, -0.05) is 97.1 Å². The SMILES string of the molecule is c1ccc(-n2c3ccccc3c3c(-c4cc(-c5cccc6c5c5ccccc5n6-c5ccccc5)c5c6c7c(ncc6n6c8cnc9c(c8c4c56)C4CC5CC(CC9C5)C4)C4CC5CC6CC7CC56C4)cccc32)cc1. The van der Waals surface area contributed by atoms with Crippen LogP contribution >= 0.6 is 0 Å². The average Bonchev–Trinajstić information content (AvgIpc) is 4.44. The van der Waals surface area contributed by atoms with Gasteiger partial charge in [-0.2, -0.15) is 0 Å². The molecule has 8 aliphatic rings. The predicted octanol–water partition coefficient (Wildman–Crippen LogP) is 17.9. The summed E-state index contributed by atoms with van der Waals surface area (Å²) in [6, 6.07) is 57.5. The average molecular weight is 978 g/mol. The van der Waals surface area contributed by atoms with Crippen LogP contribution < -0.4 is 0 Å². The minimum absolute atomic E-state index is 0.520. The Hall–Kier alpha value is -7.76. The van der Waals surface area contributed by atoms with E-state index in [1.165, 1.54) is 191 Å². The first-order valence-corrected chi connectivity index (χ1v) is 28.9. The molecule has 8 aliphatic carbocycles. The molecule has 7 aromatic carbocycles. The first-order chi connectivity index (χ1) is 37.6. The van der Waals surface area contributed by atoms with Gasteiger partial charge in [0.2, 0.25) is 0 Å². The maximum Gasteiger partial charge on any atom is 0.0728 e. The highest BCUT2D eigenvalue weighted by Gasteiger charge is 2.66. The number of pyridine rings is 2. The molecule has 21 rings (SSSR count). The highest BCUT2D eigenvalue weighted by molar-refractivity contribution is 6.34. The Labute approximate surface area is 440 Å². The Morgan fingerprint density at radius 2 is 0.855 bits per heavy atom. The Balaban J connectivity index is 1.01. The van der Waals surface area contributed by atoms with Gasteiger partial charge >= 0.3 is 0 Å². The Morgan fingerprint density at radius 3 is 1.45 bits per heavy atom. The van der Waals surface area contributed by atoms with Crippen LogP contribution in [0.2, 0.25) is 0 Å². The van der Waals surface area contributed by atoms with Crippen molar-refractivity contribution in [1.82, 2.24) is 23.5 Å². The molecule has 76 heavy (non-hydrogen) atoms. The van der Waals surface area contributed by atoms with Crippen LogP contribution in [0.3, 0.4) is 0 Å². The summed E-state index contributed by atoms with van der Waals surface area (Å²) < 4.78 is 7.76. The summed E-state index contributed by atoms with van der Waals surface area (Å²) in [5.74, 6) is 5.47. The smallest absolute Gasteiger partial charge is 0.0728 e.